The van der Waals surface area contributed by atoms with Crippen LogP contribution < -0.4 is 24.4 Å². The maximum Gasteiger partial charge on any atom is 0.262 e. The van der Waals surface area contributed by atoms with E-state index in [9.17, 15) is 13.2 Å². The summed E-state index contributed by atoms with van der Waals surface area (Å²) in [6, 6.07) is 26.0. The van der Waals surface area contributed by atoms with Gasteiger partial charge in [-0.25, -0.2) is 8.42 Å². The summed E-state index contributed by atoms with van der Waals surface area (Å²) >= 11 is 6.32. The Balaban J connectivity index is 1.05. The first-order chi connectivity index (χ1) is 22.8. The number of amides is 1. The van der Waals surface area contributed by atoms with Crippen LogP contribution in [0, 0.1) is 0 Å². The van der Waals surface area contributed by atoms with Crippen molar-refractivity contribution in [2.45, 2.75) is 43.0 Å². The van der Waals surface area contributed by atoms with Gasteiger partial charge in [0.25, 0.3) is 15.9 Å². The Morgan fingerprint density at radius 3 is 2.21 bits per heavy atom. The second-order valence-corrected chi connectivity index (χ2v) is 13.9. The fraction of sp³-hybridized carbons (Fsp3) is 0.306. The zero-order valence-electron chi connectivity index (χ0n) is 26.3. The number of ether oxygens (including phenoxy) is 2. The van der Waals surface area contributed by atoms with Crippen molar-refractivity contribution < 1.29 is 22.7 Å². The summed E-state index contributed by atoms with van der Waals surface area (Å²) in [6.07, 6.45) is 6.36. The van der Waals surface area contributed by atoms with E-state index in [1.165, 1.54) is 76.6 Å². The molecular weight excluding hydrogens is 636 g/mol. The number of nitrogens with zero attached hydrogens (tertiary/aromatic N) is 2. The van der Waals surface area contributed by atoms with Gasteiger partial charge >= 0.3 is 0 Å². The van der Waals surface area contributed by atoms with Crippen molar-refractivity contribution in [2.75, 3.05) is 48.2 Å². The highest BCUT2D eigenvalue weighted by molar-refractivity contribution is 7.92. The standard InChI is InChI=1S/C36H39ClN4O5S/c1-45-30-15-18-34(32(37)25-30)46-35-8-4-3-7-33(35)39-47(43,44)31-16-9-26(10-17-31)36(42)38-27-11-13-28(14-12-27)41-23-19-29(20-24-41)40-21-5-2-6-22-40/h3-4,7-18,25,29,39H,2,5-6,19-24H2,1H3,(H,38,42). The fourth-order valence-corrected chi connectivity index (χ4v) is 7.45. The lowest BCUT2D eigenvalue weighted by Crippen LogP contribution is -2.46. The number of benzene rings is 4. The number of para-hydroxylation sites is 2. The zero-order valence-corrected chi connectivity index (χ0v) is 27.9. The third kappa shape index (κ3) is 8.01. The molecule has 0 atom stereocenters. The first-order valence-corrected chi connectivity index (χ1v) is 17.8. The van der Waals surface area contributed by atoms with Gasteiger partial charge in [0.05, 0.1) is 22.7 Å². The lowest BCUT2D eigenvalue weighted by molar-refractivity contribution is 0.102. The van der Waals surface area contributed by atoms with Gasteiger partial charge in [0, 0.05) is 42.1 Å². The van der Waals surface area contributed by atoms with Crippen LogP contribution in [-0.2, 0) is 10.0 Å². The van der Waals surface area contributed by atoms with Crippen LogP contribution in [0.25, 0.3) is 0 Å². The van der Waals surface area contributed by atoms with Crippen molar-refractivity contribution in [1.82, 2.24) is 4.90 Å². The lowest BCUT2D eigenvalue weighted by atomic mass is 9.99. The van der Waals surface area contributed by atoms with Crippen LogP contribution in [0.3, 0.4) is 0 Å². The number of carbonyl (C=O) groups is 1. The van der Waals surface area contributed by atoms with E-state index < -0.39 is 10.0 Å². The van der Waals surface area contributed by atoms with Gasteiger partial charge in [-0.15, -0.1) is 0 Å². The molecule has 0 spiro atoms. The monoisotopic (exact) mass is 674 g/mol. The number of nitrogens with one attached hydrogen (secondary N) is 2. The van der Waals surface area contributed by atoms with Crippen molar-refractivity contribution in [1.29, 1.82) is 0 Å². The average molecular weight is 675 g/mol. The molecule has 246 valence electrons. The summed E-state index contributed by atoms with van der Waals surface area (Å²) in [4.78, 5) is 18.1. The van der Waals surface area contributed by atoms with Crippen molar-refractivity contribution >= 4 is 44.6 Å². The minimum atomic E-state index is -4.00. The van der Waals surface area contributed by atoms with Gasteiger partial charge in [-0.2, -0.15) is 0 Å². The third-order valence-electron chi connectivity index (χ3n) is 8.78. The van der Waals surface area contributed by atoms with Gasteiger partial charge in [-0.3, -0.25) is 9.52 Å². The molecule has 11 heteroatoms. The van der Waals surface area contributed by atoms with Crippen LogP contribution in [0.1, 0.15) is 42.5 Å². The molecule has 2 saturated heterocycles. The maximum atomic E-state index is 13.3. The smallest absolute Gasteiger partial charge is 0.262 e. The van der Waals surface area contributed by atoms with Crippen molar-refractivity contribution in [3.8, 4) is 17.2 Å². The summed E-state index contributed by atoms with van der Waals surface area (Å²) < 4.78 is 40.2. The molecule has 4 aromatic carbocycles. The second kappa shape index (κ2) is 14.7. The van der Waals surface area contributed by atoms with Crippen LogP contribution in [0.5, 0.6) is 17.2 Å². The summed E-state index contributed by atoms with van der Waals surface area (Å²) in [7, 11) is -2.46. The molecular formula is C36H39ClN4O5S. The highest BCUT2D eigenvalue weighted by atomic mass is 35.5. The Bertz CT molecular complexity index is 1790. The molecule has 6 rings (SSSR count). The second-order valence-electron chi connectivity index (χ2n) is 11.8. The summed E-state index contributed by atoms with van der Waals surface area (Å²) in [5.74, 6) is 0.858. The first kappa shape index (κ1) is 32.7. The van der Waals surface area contributed by atoms with E-state index in [0.717, 1.165) is 18.8 Å². The molecule has 4 aromatic rings. The quantitative estimate of drug-likeness (QED) is 0.178. The molecule has 0 unspecified atom stereocenters. The molecule has 0 bridgehead atoms. The SMILES string of the molecule is COc1ccc(Oc2ccccc2NS(=O)(=O)c2ccc(C(=O)Nc3ccc(N4CCC(N5CCCCC5)CC4)cc3)cc2)c(Cl)c1. The normalized spacial score (nSPS) is 16.0. The van der Waals surface area contributed by atoms with E-state index in [1.807, 2.05) is 24.3 Å². The maximum absolute atomic E-state index is 13.3. The van der Waals surface area contributed by atoms with Crippen molar-refractivity contribution in [3.63, 3.8) is 0 Å². The Morgan fingerprint density at radius 1 is 0.830 bits per heavy atom. The van der Waals surface area contributed by atoms with Crippen molar-refractivity contribution in [2.24, 2.45) is 0 Å². The minimum absolute atomic E-state index is 0.000238. The molecule has 2 aliphatic rings. The molecule has 9 nitrogen and oxygen atoms in total. The number of hydrogen-bond acceptors (Lipinski definition) is 7. The molecule has 47 heavy (non-hydrogen) atoms. The lowest BCUT2D eigenvalue weighted by Gasteiger charge is -2.41. The van der Waals surface area contributed by atoms with Gasteiger partial charge in [0.1, 0.15) is 11.5 Å². The van der Waals surface area contributed by atoms with E-state index in [-0.39, 0.29) is 22.2 Å². The Morgan fingerprint density at radius 2 is 1.53 bits per heavy atom. The third-order valence-corrected chi connectivity index (χ3v) is 10.5. The van der Waals surface area contributed by atoms with Gasteiger partial charge < -0.3 is 24.6 Å². The molecule has 1 amide bonds. The van der Waals surface area contributed by atoms with E-state index in [4.69, 9.17) is 21.1 Å². The van der Waals surface area contributed by atoms with Gasteiger partial charge in [-0.1, -0.05) is 30.2 Å². The molecule has 0 aromatic heterocycles. The van der Waals surface area contributed by atoms with Crippen LogP contribution in [-0.4, -0.2) is 58.6 Å². The van der Waals surface area contributed by atoms with Gasteiger partial charge in [0.2, 0.25) is 0 Å². The topological polar surface area (TPSA) is 100 Å². The number of piperidine rings is 2. The van der Waals surface area contributed by atoms with E-state index in [1.54, 1.807) is 42.5 Å². The Hall–Kier alpha value is -4.25. The molecule has 2 aliphatic heterocycles. The fourth-order valence-electron chi connectivity index (χ4n) is 6.17. The summed E-state index contributed by atoms with van der Waals surface area (Å²) in [5.41, 5.74) is 2.40. The highest BCUT2D eigenvalue weighted by Gasteiger charge is 2.26. The summed E-state index contributed by atoms with van der Waals surface area (Å²) in [6.45, 7) is 4.54. The first-order valence-electron chi connectivity index (χ1n) is 15.9. The number of methoxy groups -OCH3 is 1. The van der Waals surface area contributed by atoms with Crippen molar-refractivity contribution in [3.05, 3.63) is 102 Å². The Kier molecular flexibility index (Phi) is 10.2. The average Bonchev–Trinajstić information content (AvgIpc) is 3.10. The van der Waals surface area contributed by atoms with Crippen LogP contribution >= 0.6 is 11.6 Å². The van der Waals surface area contributed by atoms with Crippen LogP contribution in [0.4, 0.5) is 17.1 Å². The molecule has 2 heterocycles. The number of anilines is 3. The number of likely N-dealkylation sites (tertiary alicyclic amines) is 1. The molecule has 0 aliphatic carbocycles. The number of halogens is 1. The number of sulfonamides is 1. The molecule has 2 fully saturated rings. The summed E-state index contributed by atoms with van der Waals surface area (Å²) in [5, 5.41) is 3.23. The van der Waals surface area contributed by atoms with Crippen LogP contribution in [0.15, 0.2) is 95.9 Å². The highest BCUT2D eigenvalue weighted by Crippen LogP contribution is 2.36. The van der Waals surface area contributed by atoms with E-state index in [0.29, 0.717) is 33.8 Å². The predicted molar refractivity (Wildman–Crippen MR) is 187 cm³/mol. The van der Waals surface area contributed by atoms with Gasteiger partial charge in [-0.05, 0) is 112 Å². The zero-order chi connectivity index (χ0) is 32.8. The Labute approximate surface area is 281 Å². The van der Waals surface area contributed by atoms with Gasteiger partial charge in [0.15, 0.2) is 5.75 Å². The molecule has 0 saturated carbocycles. The molecule has 0 radical (unpaired) electrons. The number of carbonyl (C=O) groups excluding carboxylic acids is 1. The number of hydrogen-bond donors (Lipinski definition) is 2. The van der Waals surface area contributed by atoms with Crippen LogP contribution in [0.2, 0.25) is 5.02 Å². The van der Waals surface area contributed by atoms with E-state index in [2.05, 4.69) is 19.8 Å². The largest absolute Gasteiger partial charge is 0.497 e. The molecule has 2 N–H and O–H groups in total. The number of rotatable bonds is 10. The minimum Gasteiger partial charge on any atom is -0.497 e. The predicted octanol–water partition coefficient (Wildman–Crippen LogP) is 7.65. The van der Waals surface area contributed by atoms with E-state index >= 15 is 0 Å².